The lowest BCUT2D eigenvalue weighted by Gasteiger charge is -2.15. The molecule has 18 heavy (non-hydrogen) atoms. The van der Waals surface area contributed by atoms with Gasteiger partial charge in [0.15, 0.2) is 11.0 Å². The third kappa shape index (κ3) is 4.28. The lowest BCUT2D eigenvalue weighted by atomic mass is 10.2. The van der Waals surface area contributed by atoms with Crippen LogP contribution in [0.3, 0.4) is 0 Å². The van der Waals surface area contributed by atoms with Gasteiger partial charge in [-0.15, -0.1) is 0 Å². The minimum atomic E-state index is -4.71. The maximum absolute atomic E-state index is 12.1. The van der Waals surface area contributed by atoms with Crippen LogP contribution in [0, 0.1) is 0 Å². The first kappa shape index (κ1) is 14.4. The fourth-order valence-electron chi connectivity index (χ4n) is 1.10. The lowest BCUT2D eigenvalue weighted by Crippen LogP contribution is -2.43. The number of carbonyl (C=O) groups excluding carboxylic acids is 1. The van der Waals surface area contributed by atoms with Gasteiger partial charge in [0.2, 0.25) is 0 Å². The Bertz CT molecular complexity index is 457. The number of nitrogens with one attached hydrogen (secondary N) is 1. The second-order valence-corrected chi connectivity index (χ2v) is 3.66. The molecule has 0 radical (unpaired) electrons. The van der Waals surface area contributed by atoms with Gasteiger partial charge >= 0.3 is 12.1 Å². The highest BCUT2D eigenvalue weighted by Crippen LogP contribution is 2.22. The predicted molar refractivity (Wildman–Crippen MR) is 53.3 cm³/mol. The van der Waals surface area contributed by atoms with E-state index in [1.165, 1.54) is 6.07 Å². The summed E-state index contributed by atoms with van der Waals surface area (Å²) in [6.07, 6.45) is -6.39. The first-order valence-corrected chi connectivity index (χ1v) is 4.92. The second kappa shape index (κ2) is 5.30. The number of amides is 1. The van der Waals surface area contributed by atoms with Gasteiger partial charge in [-0.2, -0.15) is 13.2 Å². The van der Waals surface area contributed by atoms with Crippen molar-refractivity contribution in [2.24, 2.45) is 0 Å². The Morgan fingerprint density at radius 1 is 1.44 bits per heavy atom. The van der Waals surface area contributed by atoms with Crippen molar-refractivity contribution >= 4 is 23.5 Å². The lowest BCUT2D eigenvalue weighted by molar-refractivity contribution is -0.157. The summed E-state index contributed by atoms with van der Waals surface area (Å²) >= 11 is 5.37. The average molecular weight is 286 g/mol. The third-order valence-electron chi connectivity index (χ3n) is 1.84. The number of halogens is 4. The Kier molecular flexibility index (Phi) is 4.23. The van der Waals surface area contributed by atoms with Crippen LogP contribution in [-0.2, 0) is 4.79 Å². The zero-order chi connectivity index (χ0) is 13.9. The smallest absolute Gasteiger partial charge is 0.391 e. The molecule has 1 amide bonds. The molecule has 1 heterocycles. The fourth-order valence-corrected chi connectivity index (χ4v) is 1.24. The quantitative estimate of drug-likeness (QED) is 0.887. The molecule has 0 saturated heterocycles. The van der Waals surface area contributed by atoms with E-state index in [9.17, 15) is 22.8 Å². The molecule has 9 heteroatoms. The summed E-state index contributed by atoms with van der Waals surface area (Å²) in [6, 6.07) is 0.238. The maximum Gasteiger partial charge on any atom is 0.391 e. The van der Waals surface area contributed by atoms with Crippen LogP contribution in [0.15, 0.2) is 16.5 Å². The molecule has 0 aliphatic heterocycles. The van der Waals surface area contributed by atoms with Crippen molar-refractivity contribution in [2.45, 2.75) is 18.6 Å². The maximum atomic E-state index is 12.1. The molecule has 1 unspecified atom stereocenters. The first-order chi connectivity index (χ1) is 8.19. The van der Waals surface area contributed by atoms with Crippen molar-refractivity contribution in [2.75, 3.05) is 0 Å². The molecule has 0 spiro atoms. The summed E-state index contributed by atoms with van der Waals surface area (Å²) in [7, 11) is 0. The zero-order valence-electron chi connectivity index (χ0n) is 8.62. The molecule has 0 saturated carbocycles. The molecule has 0 bridgehead atoms. The minimum absolute atomic E-state index is 0.136. The normalized spacial score (nSPS) is 13.1. The molecule has 0 aliphatic carbocycles. The van der Waals surface area contributed by atoms with Crippen molar-refractivity contribution in [3.8, 4) is 0 Å². The molecule has 1 rings (SSSR count). The Balaban J connectivity index is 2.73. The molecule has 1 atom stereocenters. The largest absolute Gasteiger partial charge is 0.480 e. The SMILES string of the molecule is O=C(NC(CC(F)(F)F)C(=O)O)c1ccc(Cl)o1. The molecular weight excluding hydrogens is 279 g/mol. The fraction of sp³-hybridized carbons (Fsp3) is 0.333. The highest BCUT2D eigenvalue weighted by molar-refractivity contribution is 6.29. The van der Waals surface area contributed by atoms with Crippen LogP contribution in [0.5, 0.6) is 0 Å². The van der Waals surface area contributed by atoms with Gasteiger partial charge in [0.05, 0.1) is 6.42 Å². The zero-order valence-corrected chi connectivity index (χ0v) is 9.38. The van der Waals surface area contributed by atoms with Crippen LogP contribution in [0.2, 0.25) is 5.22 Å². The van der Waals surface area contributed by atoms with Gasteiger partial charge in [-0.1, -0.05) is 0 Å². The van der Waals surface area contributed by atoms with Crippen molar-refractivity contribution in [1.29, 1.82) is 0 Å². The molecule has 1 aromatic heterocycles. The van der Waals surface area contributed by atoms with Crippen LogP contribution in [0.25, 0.3) is 0 Å². The van der Waals surface area contributed by atoms with Crippen molar-refractivity contribution in [3.63, 3.8) is 0 Å². The Hall–Kier alpha value is -1.70. The van der Waals surface area contributed by atoms with E-state index in [1.54, 1.807) is 5.32 Å². The molecule has 0 fully saturated rings. The van der Waals surface area contributed by atoms with E-state index >= 15 is 0 Å². The highest BCUT2D eigenvalue weighted by atomic mass is 35.5. The molecule has 5 nitrogen and oxygen atoms in total. The van der Waals surface area contributed by atoms with E-state index in [0.717, 1.165) is 6.07 Å². The molecule has 1 aromatic rings. The highest BCUT2D eigenvalue weighted by Gasteiger charge is 2.36. The molecule has 100 valence electrons. The van der Waals surface area contributed by atoms with Crippen molar-refractivity contribution < 1.29 is 32.3 Å². The Morgan fingerprint density at radius 3 is 2.44 bits per heavy atom. The van der Waals surface area contributed by atoms with Gasteiger partial charge in [0, 0.05) is 0 Å². The van der Waals surface area contributed by atoms with Crippen LogP contribution >= 0.6 is 11.6 Å². The summed E-state index contributed by atoms with van der Waals surface area (Å²) in [6.45, 7) is 0. The standard InChI is InChI=1S/C9H7ClF3NO4/c10-6-2-1-5(18-6)7(15)14-4(8(16)17)3-9(11,12)13/h1-2,4H,3H2,(H,14,15)(H,16,17). The first-order valence-electron chi connectivity index (χ1n) is 4.55. The average Bonchev–Trinajstić information content (AvgIpc) is 2.61. The molecule has 0 aromatic carbocycles. The van der Waals surface area contributed by atoms with Crippen molar-refractivity contribution in [1.82, 2.24) is 5.32 Å². The summed E-state index contributed by atoms with van der Waals surface area (Å²) in [5.41, 5.74) is 0. The number of carbonyl (C=O) groups is 2. The predicted octanol–water partition coefficient (Wildman–Crippen LogP) is 2.07. The number of aliphatic carboxylic acids is 1. The minimum Gasteiger partial charge on any atom is -0.480 e. The number of alkyl halides is 3. The number of carboxylic acids is 1. The number of hydrogen-bond acceptors (Lipinski definition) is 3. The van der Waals surface area contributed by atoms with E-state index < -0.39 is 30.5 Å². The van der Waals surface area contributed by atoms with E-state index in [-0.39, 0.29) is 11.0 Å². The van der Waals surface area contributed by atoms with Crippen LogP contribution in [0.4, 0.5) is 13.2 Å². The third-order valence-corrected chi connectivity index (χ3v) is 2.04. The molecule has 2 N–H and O–H groups in total. The van der Waals surface area contributed by atoms with Gasteiger partial charge in [-0.3, -0.25) is 4.79 Å². The van der Waals surface area contributed by atoms with Crippen LogP contribution in [-0.4, -0.2) is 29.2 Å². The summed E-state index contributed by atoms with van der Waals surface area (Å²) < 4.78 is 40.8. The van der Waals surface area contributed by atoms with Gasteiger partial charge in [0.1, 0.15) is 6.04 Å². The van der Waals surface area contributed by atoms with E-state index in [2.05, 4.69) is 4.42 Å². The van der Waals surface area contributed by atoms with E-state index in [0.29, 0.717) is 0 Å². The van der Waals surface area contributed by atoms with Gasteiger partial charge < -0.3 is 14.8 Å². The number of rotatable bonds is 4. The molecule has 0 aliphatic rings. The van der Waals surface area contributed by atoms with E-state index in [4.69, 9.17) is 16.7 Å². The Labute approximate surface area is 104 Å². The number of carboxylic acid groups (broad SMARTS) is 1. The van der Waals surface area contributed by atoms with Gasteiger partial charge in [-0.25, -0.2) is 4.79 Å². The monoisotopic (exact) mass is 285 g/mol. The van der Waals surface area contributed by atoms with Gasteiger partial charge in [-0.05, 0) is 23.7 Å². The summed E-state index contributed by atoms with van der Waals surface area (Å²) in [5.74, 6) is -3.25. The molecular formula is C9H7ClF3NO4. The van der Waals surface area contributed by atoms with Gasteiger partial charge in [0.25, 0.3) is 5.91 Å². The summed E-state index contributed by atoms with van der Waals surface area (Å²) in [4.78, 5) is 21.9. The second-order valence-electron chi connectivity index (χ2n) is 3.29. The van der Waals surface area contributed by atoms with Crippen LogP contribution in [0.1, 0.15) is 17.0 Å². The van der Waals surface area contributed by atoms with E-state index in [1.807, 2.05) is 0 Å². The summed E-state index contributed by atoms with van der Waals surface area (Å²) in [5, 5.41) is 10.1. The van der Waals surface area contributed by atoms with Crippen molar-refractivity contribution in [3.05, 3.63) is 23.1 Å². The van der Waals surface area contributed by atoms with Crippen LogP contribution < -0.4 is 5.32 Å². The number of furan rings is 1. The number of hydrogen-bond donors (Lipinski definition) is 2. The topological polar surface area (TPSA) is 79.5 Å². The Morgan fingerprint density at radius 2 is 2.06 bits per heavy atom.